The number of esters is 1. The van der Waals surface area contributed by atoms with Crippen LogP contribution in [-0.2, 0) is 14.3 Å². The molecule has 0 aliphatic carbocycles. The summed E-state index contributed by atoms with van der Waals surface area (Å²) in [6.07, 6.45) is 0.667. The van der Waals surface area contributed by atoms with E-state index in [1.807, 2.05) is 6.92 Å². The Morgan fingerprint density at radius 2 is 1.55 bits per heavy atom. The summed E-state index contributed by atoms with van der Waals surface area (Å²) in [6.45, 7) is 7.09. The van der Waals surface area contributed by atoms with Gasteiger partial charge in [-0.05, 0) is 13.8 Å². The molecule has 0 rings (SSSR count). The van der Waals surface area contributed by atoms with E-state index in [9.17, 15) is 9.59 Å². The summed E-state index contributed by atoms with van der Waals surface area (Å²) in [5.74, 6) is 0.0440. The number of ether oxygens (including phenoxy) is 1. The summed E-state index contributed by atoms with van der Waals surface area (Å²) in [7, 11) is 0. The fourth-order valence-electron chi connectivity index (χ4n) is 0.203. The molecule has 0 saturated heterocycles. The second-order valence-corrected chi connectivity index (χ2v) is 1.98. The molecule has 0 amide bonds. The Labute approximate surface area is 67.7 Å². The number of Topliss-reactive ketones (excluding diaryl/α,β-unsaturated/α-hetero) is 1. The molecule has 0 heterocycles. The highest BCUT2D eigenvalue weighted by Gasteiger charge is 1.81. The number of carbonyl (C=O) groups is 2. The minimum atomic E-state index is -0.211. The number of carbonyl (C=O) groups excluding carboxylic acids is 2. The first-order valence-corrected chi connectivity index (χ1v) is 3.67. The zero-order valence-corrected chi connectivity index (χ0v) is 7.64. The highest BCUT2D eigenvalue weighted by molar-refractivity contribution is 5.74. The molecule has 0 fully saturated rings. The summed E-state index contributed by atoms with van der Waals surface area (Å²) >= 11 is 0. The number of hydrogen-bond acceptors (Lipinski definition) is 3. The lowest BCUT2D eigenvalue weighted by Gasteiger charge is -1.89. The van der Waals surface area contributed by atoms with E-state index in [1.54, 1.807) is 13.8 Å². The summed E-state index contributed by atoms with van der Waals surface area (Å²) in [4.78, 5) is 19.6. The lowest BCUT2D eigenvalue weighted by Crippen LogP contribution is -1.95. The molecule has 0 bridgehead atoms. The van der Waals surface area contributed by atoms with Crippen LogP contribution in [0.1, 0.15) is 34.1 Å². The molecule has 0 aromatic carbocycles. The Bertz CT molecular complexity index is 119. The molecule has 11 heavy (non-hydrogen) atoms. The zero-order valence-electron chi connectivity index (χ0n) is 7.64. The number of hydrogen-bond donors (Lipinski definition) is 0. The van der Waals surface area contributed by atoms with Crippen molar-refractivity contribution in [3.8, 4) is 0 Å². The Morgan fingerprint density at radius 1 is 1.18 bits per heavy atom. The van der Waals surface area contributed by atoms with Gasteiger partial charge in [0.1, 0.15) is 5.78 Å². The van der Waals surface area contributed by atoms with Crippen LogP contribution in [0.2, 0.25) is 0 Å². The normalized spacial score (nSPS) is 7.64. The van der Waals surface area contributed by atoms with Gasteiger partial charge in [0.2, 0.25) is 0 Å². The molecule has 0 spiro atoms. The maximum atomic E-state index is 9.82. The molecule has 3 heteroatoms. The Hall–Kier alpha value is -0.860. The molecule has 0 aliphatic rings. The standard InChI is InChI=1S/C4H8O2.C4H8O/c1-3-6-4(2)5;1-3-4(2)5/h3H2,1-2H3;3H2,1-2H3. The van der Waals surface area contributed by atoms with Gasteiger partial charge in [-0.25, -0.2) is 0 Å². The van der Waals surface area contributed by atoms with Crippen molar-refractivity contribution in [1.82, 2.24) is 0 Å². The van der Waals surface area contributed by atoms with Gasteiger partial charge in [-0.15, -0.1) is 0 Å². The molecule has 0 aliphatic heterocycles. The van der Waals surface area contributed by atoms with Crippen LogP contribution in [0.4, 0.5) is 0 Å². The van der Waals surface area contributed by atoms with Crippen molar-refractivity contribution in [2.24, 2.45) is 0 Å². The molecular formula is C8H16O3. The molecule has 0 N–H and O–H groups in total. The van der Waals surface area contributed by atoms with E-state index in [4.69, 9.17) is 0 Å². The quantitative estimate of drug-likeness (QED) is 0.576. The molecule has 0 saturated carbocycles. The van der Waals surface area contributed by atoms with E-state index in [2.05, 4.69) is 4.74 Å². The van der Waals surface area contributed by atoms with Crippen molar-refractivity contribution in [1.29, 1.82) is 0 Å². The Morgan fingerprint density at radius 3 is 1.55 bits per heavy atom. The van der Waals surface area contributed by atoms with E-state index in [1.165, 1.54) is 6.92 Å². The van der Waals surface area contributed by atoms with Gasteiger partial charge < -0.3 is 9.53 Å². The van der Waals surface area contributed by atoms with Crippen molar-refractivity contribution in [3.05, 3.63) is 0 Å². The third-order valence-electron chi connectivity index (χ3n) is 0.845. The van der Waals surface area contributed by atoms with Crippen LogP contribution < -0.4 is 0 Å². The smallest absolute Gasteiger partial charge is 0.302 e. The van der Waals surface area contributed by atoms with Gasteiger partial charge in [0.05, 0.1) is 6.61 Å². The first-order chi connectivity index (χ1) is 5.04. The van der Waals surface area contributed by atoms with Gasteiger partial charge >= 0.3 is 5.97 Å². The zero-order chi connectivity index (χ0) is 9.28. The third kappa shape index (κ3) is 27.2. The molecule has 0 unspecified atom stereocenters. The molecule has 0 radical (unpaired) electrons. The second-order valence-electron chi connectivity index (χ2n) is 1.98. The van der Waals surface area contributed by atoms with Crippen molar-refractivity contribution in [3.63, 3.8) is 0 Å². The topological polar surface area (TPSA) is 43.4 Å². The van der Waals surface area contributed by atoms with E-state index in [-0.39, 0.29) is 11.8 Å². The van der Waals surface area contributed by atoms with Gasteiger partial charge in [0, 0.05) is 13.3 Å². The fraction of sp³-hybridized carbons (Fsp3) is 0.750. The summed E-state index contributed by atoms with van der Waals surface area (Å²) in [5.41, 5.74) is 0. The first kappa shape index (κ1) is 12.8. The summed E-state index contributed by atoms with van der Waals surface area (Å²) < 4.78 is 4.40. The predicted molar refractivity (Wildman–Crippen MR) is 43.3 cm³/mol. The largest absolute Gasteiger partial charge is 0.466 e. The minimum Gasteiger partial charge on any atom is -0.466 e. The van der Waals surface area contributed by atoms with Crippen molar-refractivity contribution in [2.45, 2.75) is 34.1 Å². The lowest BCUT2D eigenvalue weighted by atomic mass is 10.4. The van der Waals surface area contributed by atoms with Crippen LogP contribution in [-0.4, -0.2) is 18.4 Å². The summed E-state index contributed by atoms with van der Waals surface area (Å²) in [6, 6.07) is 0. The van der Waals surface area contributed by atoms with Gasteiger partial charge in [-0.1, -0.05) is 6.92 Å². The second kappa shape index (κ2) is 9.14. The maximum absolute atomic E-state index is 9.82. The van der Waals surface area contributed by atoms with Gasteiger partial charge in [-0.3, -0.25) is 4.79 Å². The monoisotopic (exact) mass is 160 g/mol. The molecular weight excluding hydrogens is 144 g/mol. The van der Waals surface area contributed by atoms with Gasteiger partial charge in [0.15, 0.2) is 0 Å². The fourth-order valence-corrected chi connectivity index (χ4v) is 0.203. The van der Waals surface area contributed by atoms with Crippen LogP contribution >= 0.6 is 0 Å². The van der Waals surface area contributed by atoms with Crippen molar-refractivity contribution < 1.29 is 14.3 Å². The van der Waals surface area contributed by atoms with Crippen molar-refractivity contribution in [2.75, 3.05) is 6.61 Å². The van der Waals surface area contributed by atoms with Crippen LogP contribution in [0.15, 0.2) is 0 Å². The van der Waals surface area contributed by atoms with Crippen LogP contribution in [0.5, 0.6) is 0 Å². The van der Waals surface area contributed by atoms with Gasteiger partial charge in [-0.2, -0.15) is 0 Å². The maximum Gasteiger partial charge on any atom is 0.302 e. The lowest BCUT2D eigenvalue weighted by molar-refractivity contribution is -0.140. The van der Waals surface area contributed by atoms with E-state index < -0.39 is 0 Å². The average molecular weight is 160 g/mol. The highest BCUT2D eigenvalue weighted by atomic mass is 16.5. The Balaban J connectivity index is 0. The average Bonchev–Trinajstić information content (AvgIpc) is 1.89. The van der Waals surface area contributed by atoms with E-state index >= 15 is 0 Å². The van der Waals surface area contributed by atoms with Crippen LogP contribution in [0.25, 0.3) is 0 Å². The van der Waals surface area contributed by atoms with Gasteiger partial charge in [0.25, 0.3) is 0 Å². The SMILES string of the molecule is CCC(C)=O.CCOC(C)=O. The van der Waals surface area contributed by atoms with Crippen LogP contribution in [0.3, 0.4) is 0 Å². The molecule has 3 nitrogen and oxygen atoms in total. The predicted octanol–water partition coefficient (Wildman–Crippen LogP) is 1.55. The van der Waals surface area contributed by atoms with Crippen molar-refractivity contribution >= 4 is 11.8 Å². The number of ketones is 1. The Kier molecular flexibility index (Phi) is 10.6. The third-order valence-corrected chi connectivity index (χ3v) is 0.845. The number of rotatable bonds is 2. The first-order valence-electron chi connectivity index (χ1n) is 3.67. The van der Waals surface area contributed by atoms with Crippen LogP contribution in [0, 0.1) is 0 Å². The molecule has 0 aromatic rings. The summed E-state index contributed by atoms with van der Waals surface area (Å²) in [5, 5.41) is 0. The highest BCUT2D eigenvalue weighted by Crippen LogP contribution is 1.71. The molecule has 0 atom stereocenters. The minimum absolute atomic E-state index is 0.211. The molecule has 66 valence electrons. The van der Waals surface area contributed by atoms with E-state index in [0.29, 0.717) is 13.0 Å². The molecule has 0 aromatic heterocycles. The van der Waals surface area contributed by atoms with E-state index in [0.717, 1.165) is 0 Å².